The second-order valence-corrected chi connectivity index (χ2v) is 6.04. The number of nitrogens with two attached hydrogens (primary N) is 1. The maximum Gasteiger partial charge on any atom is 0.115 e. The van der Waals surface area contributed by atoms with Crippen molar-refractivity contribution < 1.29 is 5.11 Å². The van der Waals surface area contributed by atoms with E-state index in [1.807, 2.05) is 12.1 Å². The van der Waals surface area contributed by atoms with E-state index in [2.05, 4.69) is 26.8 Å². The molecular formula is C18H32ClNO. The van der Waals surface area contributed by atoms with Gasteiger partial charge in [-0.2, -0.15) is 0 Å². The van der Waals surface area contributed by atoms with Crippen LogP contribution < -0.4 is 5.73 Å². The van der Waals surface area contributed by atoms with Gasteiger partial charge < -0.3 is 10.8 Å². The first-order valence-electron chi connectivity index (χ1n) is 8.10. The summed E-state index contributed by atoms with van der Waals surface area (Å²) in [4.78, 5) is 0. The molecule has 0 amide bonds. The van der Waals surface area contributed by atoms with E-state index in [-0.39, 0.29) is 17.8 Å². The summed E-state index contributed by atoms with van der Waals surface area (Å²) in [5.41, 5.74) is 7.17. The fourth-order valence-corrected chi connectivity index (χ4v) is 3.60. The summed E-state index contributed by atoms with van der Waals surface area (Å²) >= 11 is 0. The zero-order valence-corrected chi connectivity index (χ0v) is 14.6. The van der Waals surface area contributed by atoms with Crippen molar-refractivity contribution in [1.82, 2.24) is 0 Å². The Morgan fingerprint density at radius 2 is 1.81 bits per heavy atom. The lowest BCUT2D eigenvalue weighted by Gasteiger charge is -2.40. The summed E-state index contributed by atoms with van der Waals surface area (Å²) in [6, 6.07) is 7.88. The van der Waals surface area contributed by atoms with E-state index in [1.54, 1.807) is 6.07 Å². The highest BCUT2D eigenvalue weighted by molar-refractivity contribution is 5.85. The zero-order valence-electron chi connectivity index (χ0n) is 13.8. The molecule has 122 valence electrons. The van der Waals surface area contributed by atoms with Gasteiger partial charge in [-0.05, 0) is 61.3 Å². The molecule has 0 saturated carbocycles. The minimum atomic E-state index is 0. The van der Waals surface area contributed by atoms with Crippen molar-refractivity contribution in [3.8, 4) is 5.75 Å². The fourth-order valence-electron chi connectivity index (χ4n) is 3.60. The Morgan fingerprint density at radius 3 is 2.29 bits per heavy atom. The van der Waals surface area contributed by atoms with Crippen LogP contribution in [-0.2, 0) is 5.41 Å². The normalized spacial score (nSPS) is 12.8. The van der Waals surface area contributed by atoms with Crippen LogP contribution in [0.25, 0.3) is 0 Å². The van der Waals surface area contributed by atoms with E-state index in [0.29, 0.717) is 11.7 Å². The molecule has 0 aliphatic rings. The molecule has 0 aliphatic heterocycles. The van der Waals surface area contributed by atoms with Gasteiger partial charge in [0.2, 0.25) is 0 Å². The van der Waals surface area contributed by atoms with Gasteiger partial charge in [0.05, 0.1) is 0 Å². The highest BCUT2D eigenvalue weighted by atomic mass is 35.5. The third kappa shape index (κ3) is 5.19. The summed E-state index contributed by atoms with van der Waals surface area (Å²) in [7, 11) is 0. The van der Waals surface area contributed by atoms with Crippen molar-refractivity contribution in [2.24, 2.45) is 11.7 Å². The summed E-state index contributed by atoms with van der Waals surface area (Å²) < 4.78 is 0. The Hall–Kier alpha value is -0.730. The smallest absolute Gasteiger partial charge is 0.115 e. The molecule has 0 aliphatic carbocycles. The largest absolute Gasteiger partial charge is 0.508 e. The van der Waals surface area contributed by atoms with E-state index in [1.165, 1.54) is 31.2 Å². The number of halogens is 1. The Kier molecular flexibility index (Phi) is 9.72. The molecule has 0 radical (unpaired) electrons. The SMILES string of the molecule is CCCC(CCC)(c1cccc(O)c1)C(C)CCCN.Cl. The summed E-state index contributed by atoms with van der Waals surface area (Å²) in [5, 5.41) is 9.85. The summed E-state index contributed by atoms with van der Waals surface area (Å²) in [6.07, 6.45) is 6.93. The molecule has 0 spiro atoms. The molecule has 1 unspecified atom stereocenters. The first-order valence-corrected chi connectivity index (χ1v) is 8.10. The van der Waals surface area contributed by atoms with Crippen LogP contribution >= 0.6 is 12.4 Å². The summed E-state index contributed by atoms with van der Waals surface area (Å²) in [5.74, 6) is 0.970. The lowest BCUT2D eigenvalue weighted by Crippen LogP contribution is -2.34. The van der Waals surface area contributed by atoms with Crippen molar-refractivity contribution in [1.29, 1.82) is 0 Å². The standard InChI is InChI=1S/C18H31NO.ClH/c1-4-11-18(12-5-2,15(3)8-7-13-19)16-9-6-10-17(20)14-16;/h6,9-10,14-15,20H,4-5,7-8,11-13,19H2,1-3H3;1H. The van der Waals surface area contributed by atoms with Crippen molar-refractivity contribution >= 4 is 12.4 Å². The molecule has 21 heavy (non-hydrogen) atoms. The molecule has 3 N–H and O–H groups in total. The minimum absolute atomic E-state index is 0. The quantitative estimate of drug-likeness (QED) is 0.672. The van der Waals surface area contributed by atoms with Gasteiger partial charge >= 0.3 is 0 Å². The number of phenolic OH excluding ortho intramolecular Hbond substituents is 1. The summed E-state index contributed by atoms with van der Waals surface area (Å²) in [6.45, 7) is 7.62. The van der Waals surface area contributed by atoms with E-state index in [4.69, 9.17) is 5.73 Å². The number of aromatic hydroxyl groups is 1. The third-order valence-corrected chi connectivity index (χ3v) is 4.60. The maximum absolute atomic E-state index is 9.85. The van der Waals surface area contributed by atoms with E-state index < -0.39 is 0 Å². The van der Waals surface area contributed by atoms with Crippen LogP contribution in [0.5, 0.6) is 5.75 Å². The molecule has 0 fully saturated rings. The molecule has 3 heteroatoms. The predicted molar refractivity (Wildman–Crippen MR) is 94.3 cm³/mol. The predicted octanol–water partition coefficient (Wildman–Crippen LogP) is 5.03. The molecule has 1 atom stereocenters. The van der Waals surface area contributed by atoms with Gasteiger partial charge in [-0.3, -0.25) is 0 Å². The van der Waals surface area contributed by atoms with Crippen LogP contribution in [0.4, 0.5) is 0 Å². The number of benzene rings is 1. The Labute approximate surface area is 136 Å². The van der Waals surface area contributed by atoms with Crippen LogP contribution in [-0.4, -0.2) is 11.7 Å². The van der Waals surface area contributed by atoms with Crippen LogP contribution in [0.2, 0.25) is 0 Å². The molecule has 0 heterocycles. The Morgan fingerprint density at radius 1 is 1.19 bits per heavy atom. The Bertz CT molecular complexity index is 389. The van der Waals surface area contributed by atoms with Crippen LogP contribution in [0.3, 0.4) is 0 Å². The number of hydrogen-bond donors (Lipinski definition) is 2. The van der Waals surface area contributed by atoms with Gasteiger partial charge in [0, 0.05) is 0 Å². The van der Waals surface area contributed by atoms with Crippen molar-refractivity contribution in [3.63, 3.8) is 0 Å². The molecular weight excluding hydrogens is 282 g/mol. The van der Waals surface area contributed by atoms with Gasteiger partial charge in [0.1, 0.15) is 5.75 Å². The lowest BCUT2D eigenvalue weighted by molar-refractivity contribution is 0.226. The van der Waals surface area contributed by atoms with E-state index >= 15 is 0 Å². The minimum Gasteiger partial charge on any atom is -0.508 e. The zero-order chi connectivity index (χ0) is 15.0. The average molecular weight is 314 g/mol. The van der Waals surface area contributed by atoms with Crippen LogP contribution in [0.1, 0.15) is 64.9 Å². The lowest BCUT2D eigenvalue weighted by atomic mass is 9.64. The van der Waals surface area contributed by atoms with Crippen LogP contribution in [0, 0.1) is 5.92 Å². The number of rotatable bonds is 9. The van der Waals surface area contributed by atoms with Crippen molar-refractivity contribution in [3.05, 3.63) is 29.8 Å². The molecule has 2 nitrogen and oxygen atoms in total. The van der Waals surface area contributed by atoms with Gasteiger partial charge in [0.25, 0.3) is 0 Å². The highest BCUT2D eigenvalue weighted by Gasteiger charge is 2.35. The Balaban J connectivity index is 0.00000400. The molecule has 0 bridgehead atoms. The van der Waals surface area contributed by atoms with Gasteiger partial charge in [-0.15, -0.1) is 12.4 Å². The first kappa shape index (κ1) is 20.3. The fraction of sp³-hybridized carbons (Fsp3) is 0.667. The van der Waals surface area contributed by atoms with E-state index in [0.717, 1.165) is 19.4 Å². The van der Waals surface area contributed by atoms with Gasteiger partial charge in [0.15, 0.2) is 0 Å². The monoisotopic (exact) mass is 313 g/mol. The van der Waals surface area contributed by atoms with E-state index in [9.17, 15) is 5.11 Å². The average Bonchev–Trinajstić information content (AvgIpc) is 2.44. The van der Waals surface area contributed by atoms with Gasteiger partial charge in [-0.1, -0.05) is 45.7 Å². The van der Waals surface area contributed by atoms with Gasteiger partial charge in [-0.25, -0.2) is 0 Å². The molecule has 1 aromatic rings. The molecule has 0 saturated heterocycles. The molecule has 1 aromatic carbocycles. The highest BCUT2D eigenvalue weighted by Crippen LogP contribution is 2.43. The number of hydrogen-bond acceptors (Lipinski definition) is 2. The molecule has 1 rings (SSSR count). The molecule has 0 aromatic heterocycles. The second-order valence-electron chi connectivity index (χ2n) is 6.04. The third-order valence-electron chi connectivity index (χ3n) is 4.60. The second kappa shape index (κ2) is 10.1. The van der Waals surface area contributed by atoms with Crippen LogP contribution in [0.15, 0.2) is 24.3 Å². The first-order chi connectivity index (χ1) is 9.60. The maximum atomic E-state index is 9.85. The van der Waals surface area contributed by atoms with Crippen molar-refractivity contribution in [2.45, 2.75) is 64.7 Å². The number of phenols is 1. The van der Waals surface area contributed by atoms with Crippen molar-refractivity contribution in [2.75, 3.05) is 6.54 Å². The topological polar surface area (TPSA) is 46.2 Å².